The molecule has 0 radical (unpaired) electrons. The molecule has 6 heteroatoms. The average molecular weight is 210 g/mol. The van der Waals surface area contributed by atoms with Gasteiger partial charge in [-0.2, -0.15) is 0 Å². The van der Waals surface area contributed by atoms with Gasteiger partial charge in [0.2, 0.25) is 0 Å². The van der Waals surface area contributed by atoms with Crippen LogP contribution in [0.4, 0.5) is 0 Å². The minimum absolute atomic E-state index is 0.0165. The molecular weight excluding hydrogens is 200 g/mol. The fraction of sp³-hybridized carbons (Fsp3) is 0.667. The first-order valence-electron chi connectivity index (χ1n) is 3.10. The Balaban J connectivity index is 3.99. The summed E-state index contributed by atoms with van der Waals surface area (Å²) in [6.07, 6.45) is -0.0165. The highest BCUT2D eigenvalue weighted by molar-refractivity contribution is 8.69. The maximum absolute atomic E-state index is 10.9. The van der Waals surface area contributed by atoms with Crippen molar-refractivity contribution in [2.24, 2.45) is 0 Å². The van der Waals surface area contributed by atoms with E-state index in [0.717, 1.165) is 10.8 Å². The molecule has 0 aliphatic heterocycles. The molecule has 4 nitrogen and oxygen atoms in total. The number of ether oxygens (including phenoxy) is 2. The number of hydrogen-bond acceptors (Lipinski definition) is 6. The van der Waals surface area contributed by atoms with E-state index in [1.165, 1.54) is 14.2 Å². The molecule has 0 aliphatic rings. The molecule has 0 aliphatic carbocycles. The Labute approximate surface area is 79.8 Å². The lowest BCUT2D eigenvalue weighted by Gasteiger charge is -2.08. The largest absolute Gasteiger partial charge is 0.469 e. The first-order valence-corrected chi connectivity index (χ1v) is 5.03. The van der Waals surface area contributed by atoms with Crippen LogP contribution in [0.15, 0.2) is 0 Å². The van der Waals surface area contributed by atoms with Crippen molar-refractivity contribution in [3.8, 4) is 0 Å². The quantitative estimate of drug-likeness (QED) is 0.420. The molecule has 0 heterocycles. The summed E-state index contributed by atoms with van der Waals surface area (Å²) in [6, 6.07) is 0. The predicted molar refractivity (Wildman–Crippen MR) is 49.0 cm³/mol. The molecular formula is C6H10O4S2. The second-order valence-corrected chi connectivity index (χ2v) is 3.31. The molecule has 12 heavy (non-hydrogen) atoms. The van der Waals surface area contributed by atoms with Gasteiger partial charge in [0.25, 0.3) is 0 Å². The van der Waals surface area contributed by atoms with Gasteiger partial charge in [0.05, 0.1) is 20.6 Å². The topological polar surface area (TPSA) is 52.6 Å². The molecule has 0 amide bonds. The Morgan fingerprint density at radius 3 is 2.33 bits per heavy atom. The highest BCUT2D eigenvalue weighted by Crippen LogP contribution is 2.19. The number of hydrogen-bond donors (Lipinski definition) is 1. The van der Waals surface area contributed by atoms with Crippen LogP contribution in [-0.4, -0.2) is 31.4 Å². The van der Waals surface area contributed by atoms with Crippen molar-refractivity contribution in [3.63, 3.8) is 0 Å². The third-order valence-electron chi connectivity index (χ3n) is 1.17. The van der Waals surface area contributed by atoms with E-state index < -0.39 is 17.2 Å². The van der Waals surface area contributed by atoms with Crippen molar-refractivity contribution in [2.75, 3.05) is 14.2 Å². The van der Waals surface area contributed by atoms with Gasteiger partial charge in [-0.1, -0.05) is 10.8 Å². The van der Waals surface area contributed by atoms with Crippen molar-refractivity contribution in [2.45, 2.75) is 11.7 Å². The molecule has 0 saturated carbocycles. The summed E-state index contributed by atoms with van der Waals surface area (Å²) in [6.45, 7) is 0. The highest BCUT2D eigenvalue weighted by Gasteiger charge is 2.22. The molecule has 0 aromatic heterocycles. The number of carbonyl (C=O) groups excluding carboxylic acids is 2. The minimum atomic E-state index is -0.592. The summed E-state index contributed by atoms with van der Waals surface area (Å²) in [5, 5.41) is -0.592. The number of thiol groups is 1. The zero-order chi connectivity index (χ0) is 9.56. The van der Waals surface area contributed by atoms with E-state index in [0.29, 0.717) is 0 Å². The number of methoxy groups -OCH3 is 2. The maximum atomic E-state index is 10.9. The Kier molecular flexibility index (Phi) is 6.00. The van der Waals surface area contributed by atoms with Crippen LogP contribution in [0.1, 0.15) is 6.42 Å². The van der Waals surface area contributed by atoms with E-state index in [4.69, 9.17) is 0 Å². The third-order valence-corrected chi connectivity index (χ3v) is 2.55. The Bertz CT molecular complexity index is 171. The van der Waals surface area contributed by atoms with Gasteiger partial charge in [0.1, 0.15) is 5.25 Å². The summed E-state index contributed by atoms with van der Waals surface area (Å²) in [7, 11) is 3.49. The van der Waals surface area contributed by atoms with Gasteiger partial charge in [-0.05, 0) is 0 Å². The molecule has 0 saturated heterocycles. The number of carbonyl (C=O) groups is 2. The van der Waals surface area contributed by atoms with Crippen LogP contribution in [0.3, 0.4) is 0 Å². The summed E-state index contributed by atoms with van der Waals surface area (Å²) in [5.41, 5.74) is 0. The minimum Gasteiger partial charge on any atom is -0.469 e. The summed E-state index contributed by atoms with van der Waals surface area (Å²) in [4.78, 5) is 21.6. The van der Waals surface area contributed by atoms with Crippen LogP contribution in [0, 0.1) is 0 Å². The van der Waals surface area contributed by atoms with Crippen LogP contribution in [0.5, 0.6) is 0 Å². The summed E-state index contributed by atoms with van der Waals surface area (Å²) >= 11 is 3.83. The van der Waals surface area contributed by atoms with Crippen molar-refractivity contribution >= 4 is 34.4 Å². The smallest absolute Gasteiger partial charge is 0.320 e. The van der Waals surface area contributed by atoms with E-state index in [-0.39, 0.29) is 6.42 Å². The molecule has 0 aromatic carbocycles. The van der Waals surface area contributed by atoms with Gasteiger partial charge in [0.15, 0.2) is 0 Å². The van der Waals surface area contributed by atoms with Crippen molar-refractivity contribution in [1.82, 2.24) is 0 Å². The van der Waals surface area contributed by atoms with Gasteiger partial charge < -0.3 is 9.47 Å². The first-order chi connectivity index (χ1) is 5.65. The normalized spacial score (nSPS) is 11.9. The van der Waals surface area contributed by atoms with Crippen molar-refractivity contribution < 1.29 is 19.1 Å². The van der Waals surface area contributed by atoms with E-state index in [1.54, 1.807) is 0 Å². The molecule has 70 valence electrons. The zero-order valence-electron chi connectivity index (χ0n) is 6.77. The third kappa shape index (κ3) is 3.87. The molecule has 0 bridgehead atoms. The van der Waals surface area contributed by atoms with Gasteiger partial charge in [0, 0.05) is 0 Å². The molecule has 1 unspecified atom stereocenters. The van der Waals surface area contributed by atoms with E-state index >= 15 is 0 Å². The molecule has 0 fully saturated rings. The second kappa shape index (κ2) is 6.19. The van der Waals surface area contributed by atoms with Crippen LogP contribution in [0.2, 0.25) is 0 Å². The van der Waals surface area contributed by atoms with Crippen LogP contribution in [-0.2, 0) is 19.1 Å². The standard InChI is InChI=1S/C6H10O4S2/c1-9-5(7)3-4(12-11)6(8)10-2/h4,11H,3H2,1-2H3. The highest BCUT2D eigenvalue weighted by atomic mass is 33.1. The fourth-order valence-electron chi connectivity index (χ4n) is 0.530. The van der Waals surface area contributed by atoms with Crippen LogP contribution < -0.4 is 0 Å². The lowest BCUT2D eigenvalue weighted by Crippen LogP contribution is -2.21. The van der Waals surface area contributed by atoms with E-state index in [9.17, 15) is 9.59 Å². The monoisotopic (exact) mass is 210 g/mol. The molecule has 0 rings (SSSR count). The molecule has 0 aromatic rings. The average Bonchev–Trinajstić information content (AvgIpc) is 2.12. The SMILES string of the molecule is COC(=O)CC(SS)C(=O)OC. The fourth-order valence-corrected chi connectivity index (χ4v) is 1.40. The summed E-state index contributed by atoms with van der Waals surface area (Å²) < 4.78 is 8.82. The molecule has 0 N–H and O–H groups in total. The van der Waals surface area contributed by atoms with Gasteiger partial charge in [-0.25, -0.2) is 0 Å². The Morgan fingerprint density at radius 1 is 1.42 bits per heavy atom. The van der Waals surface area contributed by atoms with Gasteiger partial charge in [-0.3, -0.25) is 9.59 Å². The zero-order valence-corrected chi connectivity index (χ0v) is 8.48. The second-order valence-electron chi connectivity index (χ2n) is 1.90. The number of esters is 2. The number of rotatable bonds is 4. The Hall–Kier alpha value is -0.360. The van der Waals surface area contributed by atoms with Crippen molar-refractivity contribution in [3.05, 3.63) is 0 Å². The predicted octanol–water partition coefficient (Wildman–Crippen LogP) is 0.669. The molecule has 0 spiro atoms. The Morgan fingerprint density at radius 2 is 2.00 bits per heavy atom. The first kappa shape index (κ1) is 11.6. The van der Waals surface area contributed by atoms with E-state index in [1.807, 2.05) is 0 Å². The van der Waals surface area contributed by atoms with Gasteiger partial charge >= 0.3 is 11.9 Å². The lowest BCUT2D eigenvalue weighted by atomic mass is 10.3. The van der Waals surface area contributed by atoms with E-state index in [2.05, 4.69) is 21.1 Å². The summed E-state index contributed by atoms with van der Waals surface area (Å²) in [5.74, 6) is -0.924. The maximum Gasteiger partial charge on any atom is 0.320 e. The lowest BCUT2D eigenvalue weighted by molar-refractivity contribution is -0.146. The van der Waals surface area contributed by atoms with Crippen LogP contribution in [0.25, 0.3) is 0 Å². The van der Waals surface area contributed by atoms with Crippen LogP contribution >= 0.6 is 22.5 Å². The molecule has 1 atom stereocenters. The van der Waals surface area contributed by atoms with Crippen molar-refractivity contribution in [1.29, 1.82) is 0 Å². The van der Waals surface area contributed by atoms with Gasteiger partial charge in [-0.15, -0.1) is 11.7 Å².